The molecular weight excluding hydrogens is 394 g/mol. The van der Waals surface area contributed by atoms with Gasteiger partial charge in [0.1, 0.15) is 5.75 Å². The summed E-state index contributed by atoms with van der Waals surface area (Å²) in [6.07, 6.45) is 1.20. The van der Waals surface area contributed by atoms with Gasteiger partial charge in [-0.3, -0.25) is 14.3 Å². The van der Waals surface area contributed by atoms with Crippen LogP contribution in [0.2, 0.25) is 0 Å². The molecule has 0 unspecified atom stereocenters. The largest absolute Gasteiger partial charge is 0.497 e. The summed E-state index contributed by atoms with van der Waals surface area (Å²) in [7, 11) is -2.33. The molecule has 2 aromatic rings. The number of amides is 2. The van der Waals surface area contributed by atoms with Crippen molar-refractivity contribution in [2.45, 2.75) is 24.7 Å². The number of hydrogen-bond acceptors (Lipinski definition) is 5. The van der Waals surface area contributed by atoms with Gasteiger partial charge in [0.15, 0.2) is 0 Å². The Labute approximate surface area is 169 Å². The van der Waals surface area contributed by atoms with E-state index < -0.39 is 10.0 Å². The first-order valence-corrected chi connectivity index (χ1v) is 10.6. The molecule has 0 bridgehead atoms. The molecule has 1 aliphatic heterocycles. The van der Waals surface area contributed by atoms with Crippen molar-refractivity contribution in [1.82, 2.24) is 4.90 Å². The molecule has 0 spiro atoms. The molecule has 29 heavy (non-hydrogen) atoms. The van der Waals surface area contributed by atoms with Crippen LogP contribution in [-0.2, 0) is 19.6 Å². The van der Waals surface area contributed by atoms with E-state index in [0.717, 1.165) is 6.42 Å². The minimum absolute atomic E-state index is 0.0428. The van der Waals surface area contributed by atoms with Crippen molar-refractivity contribution in [1.29, 1.82) is 0 Å². The number of ether oxygens (including phenoxy) is 1. The van der Waals surface area contributed by atoms with Gasteiger partial charge in [0.2, 0.25) is 11.8 Å². The molecule has 8 nitrogen and oxygen atoms in total. The number of carbonyl (C=O) groups excluding carboxylic acids is 2. The summed E-state index contributed by atoms with van der Waals surface area (Å²) in [5.41, 5.74) is 1.29. The quantitative estimate of drug-likeness (QED) is 0.720. The highest BCUT2D eigenvalue weighted by Gasteiger charge is 2.23. The van der Waals surface area contributed by atoms with Crippen LogP contribution in [-0.4, -0.2) is 45.3 Å². The van der Waals surface area contributed by atoms with Gasteiger partial charge in [-0.05, 0) is 55.3 Å². The van der Waals surface area contributed by atoms with Gasteiger partial charge in [-0.2, -0.15) is 0 Å². The molecule has 0 saturated carbocycles. The molecule has 0 aliphatic carbocycles. The van der Waals surface area contributed by atoms with Gasteiger partial charge in [0, 0.05) is 24.3 Å². The van der Waals surface area contributed by atoms with Crippen molar-refractivity contribution in [2.75, 3.05) is 30.2 Å². The third-order valence-electron chi connectivity index (χ3n) is 4.61. The Kier molecular flexibility index (Phi) is 6.07. The molecule has 154 valence electrons. The first kappa shape index (κ1) is 20.7. The van der Waals surface area contributed by atoms with Gasteiger partial charge in [0.25, 0.3) is 10.0 Å². The van der Waals surface area contributed by atoms with Crippen LogP contribution < -0.4 is 14.8 Å². The van der Waals surface area contributed by atoms with E-state index in [1.807, 2.05) is 0 Å². The van der Waals surface area contributed by atoms with Crippen molar-refractivity contribution in [3.8, 4) is 5.75 Å². The molecule has 1 saturated heterocycles. The summed E-state index contributed by atoms with van der Waals surface area (Å²) in [5.74, 6) is 0.205. The van der Waals surface area contributed by atoms with Crippen LogP contribution in [0.15, 0.2) is 47.4 Å². The Morgan fingerprint density at radius 1 is 1.14 bits per heavy atom. The van der Waals surface area contributed by atoms with Crippen molar-refractivity contribution in [2.24, 2.45) is 0 Å². The van der Waals surface area contributed by atoms with Crippen LogP contribution in [0.4, 0.5) is 11.4 Å². The number of nitrogens with zero attached hydrogens (tertiary/aromatic N) is 1. The van der Waals surface area contributed by atoms with Gasteiger partial charge in [0.05, 0.1) is 18.6 Å². The average Bonchev–Trinajstić information content (AvgIpc) is 3.08. The van der Waals surface area contributed by atoms with Gasteiger partial charge in [-0.25, -0.2) is 8.42 Å². The van der Waals surface area contributed by atoms with Crippen molar-refractivity contribution in [3.63, 3.8) is 0 Å². The van der Waals surface area contributed by atoms with Gasteiger partial charge >= 0.3 is 0 Å². The maximum absolute atomic E-state index is 12.8. The molecule has 9 heteroatoms. The Bertz CT molecular complexity index is 1020. The molecule has 0 atom stereocenters. The SMILES string of the molecule is COc1ccc(NS(=O)(=O)c2cc(NC(=O)CN3CCCC3=O)ccc2C)cc1. The molecular formula is C20H23N3O5S. The lowest BCUT2D eigenvalue weighted by Gasteiger charge is -2.16. The van der Waals surface area contributed by atoms with Crippen LogP contribution >= 0.6 is 0 Å². The second-order valence-electron chi connectivity index (χ2n) is 6.78. The molecule has 0 aromatic heterocycles. The van der Waals surface area contributed by atoms with E-state index in [-0.39, 0.29) is 23.3 Å². The number of methoxy groups -OCH3 is 1. The Balaban J connectivity index is 1.74. The number of carbonyl (C=O) groups is 2. The molecule has 3 rings (SSSR count). The van der Waals surface area contributed by atoms with Crippen molar-refractivity contribution in [3.05, 3.63) is 48.0 Å². The van der Waals surface area contributed by atoms with Gasteiger partial charge in [-0.1, -0.05) is 6.07 Å². The molecule has 2 amide bonds. The fourth-order valence-electron chi connectivity index (χ4n) is 3.08. The fraction of sp³-hybridized carbons (Fsp3) is 0.300. The van der Waals surface area contributed by atoms with Crippen LogP contribution in [0.5, 0.6) is 5.75 Å². The topological polar surface area (TPSA) is 105 Å². The molecule has 2 aromatic carbocycles. The lowest BCUT2D eigenvalue weighted by molar-refractivity contribution is -0.131. The summed E-state index contributed by atoms with van der Waals surface area (Å²) in [6, 6.07) is 11.2. The normalized spacial score (nSPS) is 14.0. The number of anilines is 2. The predicted molar refractivity (Wildman–Crippen MR) is 109 cm³/mol. The van der Waals surface area contributed by atoms with E-state index >= 15 is 0 Å². The van der Waals surface area contributed by atoms with E-state index in [4.69, 9.17) is 4.74 Å². The Hall–Kier alpha value is -3.07. The van der Waals surface area contributed by atoms with E-state index in [9.17, 15) is 18.0 Å². The Morgan fingerprint density at radius 2 is 1.83 bits per heavy atom. The zero-order valence-corrected chi connectivity index (χ0v) is 17.1. The summed E-state index contributed by atoms with van der Waals surface area (Å²) < 4.78 is 33.2. The number of likely N-dealkylation sites (tertiary alicyclic amines) is 1. The fourth-order valence-corrected chi connectivity index (χ4v) is 4.41. The van der Waals surface area contributed by atoms with E-state index in [2.05, 4.69) is 10.0 Å². The van der Waals surface area contributed by atoms with Gasteiger partial charge < -0.3 is 15.0 Å². The first-order valence-electron chi connectivity index (χ1n) is 9.13. The molecule has 1 aliphatic rings. The van der Waals surface area contributed by atoms with Crippen LogP contribution in [0.3, 0.4) is 0 Å². The lowest BCUT2D eigenvalue weighted by Crippen LogP contribution is -2.34. The first-order chi connectivity index (χ1) is 13.8. The van der Waals surface area contributed by atoms with E-state index in [1.54, 1.807) is 43.3 Å². The Morgan fingerprint density at radius 3 is 2.45 bits per heavy atom. The highest BCUT2D eigenvalue weighted by molar-refractivity contribution is 7.92. The maximum atomic E-state index is 12.8. The second kappa shape index (κ2) is 8.52. The van der Waals surface area contributed by atoms with Crippen molar-refractivity contribution < 1.29 is 22.7 Å². The molecule has 1 fully saturated rings. The number of nitrogens with one attached hydrogen (secondary N) is 2. The number of aryl methyl sites for hydroxylation is 1. The highest BCUT2D eigenvalue weighted by atomic mass is 32.2. The average molecular weight is 417 g/mol. The minimum Gasteiger partial charge on any atom is -0.497 e. The van der Waals surface area contributed by atoms with E-state index in [0.29, 0.717) is 35.7 Å². The second-order valence-corrected chi connectivity index (χ2v) is 8.43. The molecule has 1 heterocycles. The lowest BCUT2D eigenvalue weighted by atomic mass is 10.2. The zero-order valence-electron chi connectivity index (χ0n) is 16.3. The smallest absolute Gasteiger partial charge is 0.262 e. The number of rotatable bonds is 7. The summed E-state index contributed by atoms with van der Waals surface area (Å²) in [5, 5.41) is 2.67. The number of sulfonamides is 1. The van der Waals surface area contributed by atoms with Gasteiger partial charge in [-0.15, -0.1) is 0 Å². The molecule has 0 radical (unpaired) electrons. The molecule has 2 N–H and O–H groups in total. The predicted octanol–water partition coefficient (Wildman–Crippen LogP) is 2.37. The zero-order chi connectivity index (χ0) is 21.0. The monoisotopic (exact) mass is 417 g/mol. The highest BCUT2D eigenvalue weighted by Crippen LogP contribution is 2.24. The van der Waals surface area contributed by atoms with Crippen LogP contribution in [0.1, 0.15) is 18.4 Å². The number of benzene rings is 2. The number of hydrogen-bond donors (Lipinski definition) is 2. The third-order valence-corrected chi connectivity index (χ3v) is 6.13. The summed E-state index contributed by atoms with van der Waals surface area (Å²) >= 11 is 0. The van der Waals surface area contributed by atoms with Crippen LogP contribution in [0, 0.1) is 6.92 Å². The maximum Gasteiger partial charge on any atom is 0.262 e. The minimum atomic E-state index is -3.86. The van der Waals surface area contributed by atoms with Crippen molar-refractivity contribution >= 4 is 33.2 Å². The standard InChI is InChI=1S/C20H23N3O5S/c1-14-5-6-16(21-19(24)13-23-11-3-4-20(23)25)12-18(14)29(26,27)22-15-7-9-17(28-2)10-8-15/h5-10,12,22H,3-4,11,13H2,1-2H3,(H,21,24). The van der Waals surface area contributed by atoms with E-state index in [1.165, 1.54) is 18.1 Å². The summed E-state index contributed by atoms with van der Waals surface area (Å²) in [4.78, 5) is 25.4. The summed E-state index contributed by atoms with van der Waals surface area (Å²) in [6.45, 7) is 2.20. The van der Waals surface area contributed by atoms with Crippen LogP contribution in [0.25, 0.3) is 0 Å². The third kappa shape index (κ3) is 5.05.